The Hall–Kier alpha value is -0.160. The summed E-state index contributed by atoms with van der Waals surface area (Å²) in [5.41, 5.74) is 0. The Bertz CT molecular complexity index is 227. The van der Waals surface area contributed by atoms with Crippen LogP contribution in [0.4, 0.5) is 0 Å². The molecule has 2 rings (SSSR count). The number of ether oxygens (including phenoxy) is 2. The number of morpholine rings is 2. The molecular formula is C17H34N2O2. The van der Waals surface area contributed by atoms with Gasteiger partial charge in [0.25, 0.3) is 0 Å². The van der Waals surface area contributed by atoms with Crippen molar-refractivity contribution in [2.24, 2.45) is 5.92 Å². The molecule has 124 valence electrons. The first-order chi connectivity index (χ1) is 10.4. The molecule has 0 bridgehead atoms. The molecule has 4 nitrogen and oxygen atoms in total. The van der Waals surface area contributed by atoms with Crippen molar-refractivity contribution in [3.8, 4) is 0 Å². The smallest absolute Gasteiger partial charge is 0.0594 e. The van der Waals surface area contributed by atoms with Gasteiger partial charge < -0.3 is 9.47 Å². The number of rotatable bonds is 9. The summed E-state index contributed by atoms with van der Waals surface area (Å²) in [7, 11) is 0. The van der Waals surface area contributed by atoms with Crippen LogP contribution in [0.1, 0.15) is 39.0 Å². The van der Waals surface area contributed by atoms with Crippen LogP contribution in [0.5, 0.6) is 0 Å². The van der Waals surface area contributed by atoms with Gasteiger partial charge in [0.1, 0.15) is 0 Å². The summed E-state index contributed by atoms with van der Waals surface area (Å²) >= 11 is 0. The lowest BCUT2D eigenvalue weighted by atomic mass is 9.94. The minimum atomic E-state index is 0.923. The number of hydrogen-bond donors (Lipinski definition) is 0. The second-order valence-electron chi connectivity index (χ2n) is 6.47. The fourth-order valence-electron chi connectivity index (χ4n) is 3.41. The lowest BCUT2D eigenvalue weighted by molar-refractivity contribution is 0.0352. The highest BCUT2D eigenvalue weighted by atomic mass is 16.5. The molecule has 0 aromatic rings. The fraction of sp³-hybridized carbons (Fsp3) is 1.00. The molecule has 0 spiro atoms. The van der Waals surface area contributed by atoms with E-state index in [0.29, 0.717) is 0 Å². The van der Waals surface area contributed by atoms with Crippen molar-refractivity contribution in [2.45, 2.75) is 39.0 Å². The summed E-state index contributed by atoms with van der Waals surface area (Å²) in [5, 5.41) is 0. The highest BCUT2D eigenvalue weighted by Gasteiger charge is 2.13. The van der Waals surface area contributed by atoms with E-state index in [9.17, 15) is 0 Å². The predicted molar refractivity (Wildman–Crippen MR) is 86.8 cm³/mol. The first-order valence-electron chi connectivity index (χ1n) is 8.98. The Morgan fingerprint density at radius 3 is 1.57 bits per heavy atom. The molecule has 21 heavy (non-hydrogen) atoms. The van der Waals surface area contributed by atoms with E-state index in [1.54, 1.807) is 0 Å². The third kappa shape index (κ3) is 7.09. The summed E-state index contributed by atoms with van der Waals surface area (Å²) in [6.45, 7) is 13.1. The normalized spacial score (nSPS) is 22.0. The molecule has 0 aliphatic carbocycles. The molecule has 0 amide bonds. The fourth-order valence-corrected chi connectivity index (χ4v) is 3.41. The van der Waals surface area contributed by atoms with Crippen LogP contribution in [0, 0.1) is 5.92 Å². The van der Waals surface area contributed by atoms with E-state index in [-0.39, 0.29) is 0 Å². The maximum absolute atomic E-state index is 5.40. The topological polar surface area (TPSA) is 24.9 Å². The average Bonchev–Trinajstić information content (AvgIpc) is 2.55. The zero-order valence-electron chi connectivity index (χ0n) is 13.9. The summed E-state index contributed by atoms with van der Waals surface area (Å²) in [6, 6.07) is 0. The SMILES string of the molecule is CCC(CCCN1CCOCC1)CCCN1CCOCC1. The first kappa shape index (κ1) is 17.2. The lowest BCUT2D eigenvalue weighted by Gasteiger charge is -2.28. The Morgan fingerprint density at radius 1 is 0.762 bits per heavy atom. The second-order valence-corrected chi connectivity index (χ2v) is 6.47. The minimum Gasteiger partial charge on any atom is -0.379 e. The van der Waals surface area contributed by atoms with E-state index < -0.39 is 0 Å². The molecule has 0 radical (unpaired) electrons. The van der Waals surface area contributed by atoms with E-state index in [1.165, 1.54) is 45.2 Å². The largest absolute Gasteiger partial charge is 0.379 e. The molecule has 0 aromatic carbocycles. The van der Waals surface area contributed by atoms with Gasteiger partial charge >= 0.3 is 0 Å². The molecule has 2 aliphatic rings. The second kappa shape index (κ2) is 10.5. The van der Waals surface area contributed by atoms with Gasteiger partial charge in [-0.25, -0.2) is 0 Å². The standard InChI is InChI=1S/C17H34N2O2/c1-2-17(5-3-7-18-9-13-20-14-10-18)6-4-8-19-11-15-21-16-12-19/h17H,2-16H2,1H3. The lowest BCUT2D eigenvalue weighted by Crippen LogP contribution is -2.37. The summed E-state index contributed by atoms with van der Waals surface area (Å²) in [4.78, 5) is 5.12. The third-order valence-corrected chi connectivity index (χ3v) is 4.96. The van der Waals surface area contributed by atoms with Crippen molar-refractivity contribution in [3.63, 3.8) is 0 Å². The van der Waals surface area contributed by atoms with Gasteiger partial charge in [-0.05, 0) is 44.7 Å². The molecule has 2 fully saturated rings. The summed E-state index contributed by atoms with van der Waals surface area (Å²) < 4.78 is 10.8. The maximum Gasteiger partial charge on any atom is 0.0594 e. The van der Waals surface area contributed by atoms with E-state index >= 15 is 0 Å². The van der Waals surface area contributed by atoms with Crippen molar-refractivity contribution in [2.75, 3.05) is 65.7 Å². The summed E-state index contributed by atoms with van der Waals surface area (Å²) in [5.74, 6) is 0.923. The van der Waals surface area contributed by atoms with Crippen molar-refractivity contribution in [1.82, 2.24) is 9.80 Å². The van der Waals surface area contributed by atoms with Crippen LogP contribution in [0.3, 0.4) is 0 Å². The monoisotopic (exact) mass is 298 g/mol. The Balaban J connectivity index is 1.50. The van der Waals surface area contributed by atoms with Crippen molar-refractivity contribution in [3.05, 3.63) is 0 Å². The van der Waals surface area contributed by atoms with Crippen LogP contribution in [-0.2, 0) is 9.47 Å². The van der Waals surface area contributed by atoms with Crippen LogP contribution in [0.15, 0.2) is 0 Å². The molecule has 2 aliphatic heterocycles. The van der Waals surface area contributed by atoms with E-state index in [0.717, 1.165) is 58.5 Å². The molecule has 2 saturated heterocycles. The van der Waals surface area contributed by atoms with E-state index in [2.05, 4.69) is 16.7 Å². The van der Waals surface area contributed by atoms with E-state index in [1.807, 2.05) is 0 Å². The molecule has 0 saturated carbocycles. The van der Waals surface area contributed by atoms with Gasteiger partial charge in [0.05, 0.1) is 26.4 Å². The van der Waals surface area contributed by atoms with E-state index in [4.69, 9.17) is 9.47 Å². The number of hydrogen-bond acceptors (Lipinski definition) is 4. The maximum atomic E-state index is 5.40. The third-order valence-electron chi connectivity index (χ3n) is 4.96. The Kier molecular flexibility index (Phi) is 8.64. The average molecular weight is 298 g/mol. The molecule has 0 unspecified atom stereocenters. The predicted octanol–water partition coefficient (Wildman–Crippen LogP) is 2.24. The van der Waals surface area contributed by atoms with Crippen LogP contribution >= 0.6 is 0 Å². The molecule has 0 N–H and O–H groups in total. The zero-order chi connectivity index (χ0) is 14.8. The zero-order valence-corrected chi connectivity index (χ0v) is 13.9. The number of nitrogens with zero attached hydrogens (tertiary/aromatic N) is 2. The van der Waals surface area contributed by atoms with Crippen LogP contribution < -0.4 is 0 Å². The van der Waals surface area contributed by atoms with Gasteiger partial charge in [0.15, 0.2) is 0 Å². The van der Waals surface area contributed by atoms with Crippen LogP contribution in [0.25, 0.3) is 0 Å². The highest BCUT2D eigenvalue weighted by molar-refractivity contribution is 4.66. The van der Waals surface area contributed by atoms with Gasteiger partial charge in [-0.15, -0.1) is 0 Å². The Morgan fingerprint density at radius 2 is 1.19 bits per heavy atom. The molecule has 4 heteroatoms. The minimum absolute atomic E-state index is 0.923. The van der Waals surface area contributed by atoms with Gasteiger partial charge in [-0.1, -0.05) is 13.3 Å². The molecule has 2 heterocycles. The van der Waals surface area contributed by atoms with Crippen molar-refractivity contribution < 1.29 is 9.47 Å². The summed E-state index contributed by atoms with van der Waals surface area (Å²) in [6.07, 6.45) is 6.85. The van der Waals surface area contributed by atoms with Crippen LogP contribution in [0.2, 0.25) is 0 Å². The highest BCUT2D eigenvalue weighted by Crippen LogP contribution is 2.18. The van der Waals surface area contributed by atoms with Crippen LogP contribution in [-0.4, -0.2) is 75.5 Å². The van der Waals surface area contributed by atoms with Gasteiger partial charge in [0.2, 0.25) is 0 Å². The quantitative estimate of drug-likeness (QED) is 0.652. The van der Waals surface area contributed by atoms with Gasteiger partial charge in [-0.3, -0.25) is 9.80 Å². The van der Waals surface area contributed by atoms with Crippen molar-refractivity contribution >= 4 is 0 Å². The van der Waals surface area contributed by atoms with Gasteiger partial charge in [0, 0.05) is 26.2 Å². The Labute approximate surface area is 130 Å². The molecular weight excluding hydrogens is 264 g/mol. The molecule has 0 aromatic heterocycles. The molecule has 0 atom stereocenters. The van der Waals surface area contributed by atoms with Crippen molar-refractivity contribution in [1.29, 1.82) is 0 Å². The first-order valence-corrected chi connectivity index (χ1v) is 8.98. The van der Waals surface area contributed by atoms with Gasteiger partial charge in [-0.2, -0.15) is 0 Å².